The Bertz CT molecular complexity index is 396. The van der Waals surface area contributed by atoms with Crippen LogP contribution in [0.4, 0.5) is 4.79 Å². The molecule has 6 heteroatoms. The summed E-state index contributed by atoms with van der Waals surface area (Å²) in [5, 5.41) is 5.68. The maximum Gasteiger partial charge on any atom is 0.312 e. The summed E-state index contributed by atoms with van der Waals surface area (Å²) in [7, 11) is 3.21. The number of carbonyl (C=O) groups is 1. The van der Waals surface area contributed by atoms with Crippen LogP contribution in [0.3, 0.4) is 0 Å². The topological polar surface area (TPSA) is 85.6 Å². The molecule has 0 aliphatic heterocycles. The molecule has 1 rings (SSSR count). The van der Waals surface area contributed by atoms with E-state index in [0.29, 0.717) is 25.4 Å². The number of para-hydroxylation sites is 1. The van der Waals surface area contributed by atoms with Gasteiger partial charge >= 0.3 is 6.03 Å². The number of nitrogens with one attached hydrogen (secondary N) is 2. The van der Waals surface area contributed by atoms with E-state index in [1.54, 1.807) is 14.2 Å². The van der Waals surface area contributed by atoms with E-state index in [1.165, 1.54) is 0 Å². The molecule has 0 aliphatic rings. The summed E-state index contributed by atoms with van der Waals surface area (Å²) < 4.78 is 10.5. The Morgan fingerprint density at radius 3 is 2.67 bits per heavy atom. The summed E-state index contributed by atoms with van der Waals surface area (Å²) in [5.74, 6) is 1.42. The number of carbonyl (C=O) groups excluding carboxylic acids is 1. The highest BCUT2D eigenvalue weighted by Crippen LogP contribution is 2.30. The van der Waals surface area contributed by atoms with Crippen LogP contribution in [0.15, 0.2) is 18.2 Å². The van der Waals surface area contributed by atoms with Crippen molar-refractivity contribution in [2.45, 2.75) is 6.54 Å². The smallest absolute Gasteiger partial charge is 0.312 e. The van der Waals surface area contributed by atoms with E-state index in [1.807, 2.05) is 18.2 Å². The van der Waals surface area contributed by atoms with Gasteiger partial charge in [0.05, 0.1) is 14.2 Å². The van der Waals surface area contributed by atoms with Gasteiger partial charge in [-0.1, -0.05) is 12.1 Å². The van der Waals surface area contributed by atoms with Crippen LogP contribution in [0.25, 0.3) is 0 Å². The maximum atomic E-state index is 10.5. The third kappa shape index (κ3) is 4.14. The van der Waals surface area contributed by atoms with Gasteiger partial charge < -0.3 is 25.8 Å². The number of rotatable bonds is 7. The Morgan fingerprint density at radius 1 is 1.28 bits per heavy atom. The fourth-order valence-electron chi connectivity index (χ4n) is 1.59. The van der Waals surface area contributed by atoms with E-state index in [-0.39, 0.29) is 0 Å². The summed E-state index contributed by atoms with van der Waals surface area (Å²) in [6, 6.07) is 5.18. The molecular formula is C12H19N3O3. The summed E-state index contributed by atoms with van der Waals surface area (Å²) in [5.41, 5.74) is 5.95. The Kier molecular flexibility index (Phi) is 5.79. The van der Waals surface area contributed by atoms with E-state index in [4.69, 9.17) is 15.2 Å². The average Bonchev–Trinajstić information content (AvgIpc) is 2.37. The van der Waals surface area contributed by atoms with Gasteiger partial charge in [0.1, 0.15) is 0 Å². The summed E-state index contributed by atoms with van der Waals surface area (Å²) in [6.45, 7) is 1.74. The number of urea groups is 1. The molecule has 18 heavy (non-hydrogen) atoms. The number of methoxy groups -OCH3 is 2. The second-order valence-corrected chi connectivity index (χ2v) is 3.62. The zero-order valence-corrected chi connectivity index (χ0v) is 10.7. The molecule has 0 spiro atoms. The van der Waals surface area contributed by atoms with Crippen molar-refractivity contribution in [1.29, 1.82) is 0 Å². The van der Waals surface area contributed by atoms with Gasteiger partial charge in [-0.15, -0.1) is 0 Å². The minimum absolute atomic E-state index is 0.488. The van der Waals surface area contributed by atoms with Gasteiger partial charge in [-0.05, 0) is 6.07 Å². The molecule has 2 amide bonds. The third-order valence-corrected chi connectivity index (χ3v) is 2.40. The van der Waals surface area contributed by atoms with Gasteiger partial charge in [0.25, 0.3) is 0 Å². The van der Waals surface area contributed by atoms with Crippen molar-refractivity contribution in [3.8, 4) is 11.5 Å². The fraction of sp³-hybridized carbons (Fsp3) is 0.417. The van der Waals surface area contributed by atoms with Crippen molar-refractivity contribution in [1.82, 2.24) is 10.6 Å². The number of hydrogen-bond donors (Lipinski definition) is 3. The largest absolute Gasteiger partial charge is 0.493 e. The molecule has 0 heterocycles. The lowest BCUT2D eigenvalue weighted by molar-refractivity contribution is 0.249. The van der Waals surface area contributed by atoms with Gasteiger partial charge in [-0.2, -0.15) is 0 Å². The second kappa shape index (κ2) is 7.39. The molecule has 1 aromatic rings. The third-order valence-electron chi connectivity index (χ3n) is 2.40. The van der Waals surface area contributed by atoms with Crippen LogP contribution in [0.5, 0.6) is 11.5 Å². The molecule has 0 saturated heterocycles. The normalized spacial score (nSPS) is 9.89. The number of nitrogens with two attached hydrogens (primary N) is 1. The fourth-order valence-corrected chi connectivity index (χ4v) is 1.59. The van der Waals surface area contributed by atoms with Crippen LogP contribution >= 0.6 is 0 Å². The van der Waals surface area contributed by atoms with Crippen molar-refractivity contribution in [3.63, 3.8) is 0 Å². The second-order valence-electron chi connectivity index (χ2n) is 3.62. The van der Waals surface area contributed by atoms with Gasteiger partial charge in [0.15, 0.2) is 11.5 Å². The minimum atomic E-state index is -0.518. The van der Waals surface area contributed by atoms with E-state index in [0.717, 1.165) is 11.3 Å². The molecule has 0 aromatic heterocycles. The van der Waals surface area contributed by atoms with Crippen LogP contribution in [-0.2, 0) is 6.54 Å². The highest BCUT2D eigenvalue weighted by Gasteiger charge is 2.08. The first kappa shape index (κ1) is 14.1. The highest BCUT2D eigenvalue weighted by atomic mass is 16.5. The molecule has 6 nitrogen and oxygen atoms in total. The van der Waals surface area contributed by atoms with Crippen molar-refractivity contribution in [3.05, 3.63) is 23.8 Å². The first-order valence-electron chi connectivity index (χ1n) is 5.63. The average molecular weight is 253 g/mol. The van der Waals surface area contributed by atoms with Crippen molar-refractivity contribution in [2.75, 3.05) is 27.3 Å². The summed E-state index contributed by atoms with van der Waals surface area (Å²) in [4.78, 5) is 10.5. The SMILES string of the molecule is COc1cccc(CNCCNC(N)=O)c1OC. The first-order chi connectivity index (χ1) is 8.69. The van der Waals surface area contributed by atoms with E-state index >= 15 is 0 Å². The van der Waals surface area contributed by atoms with Crippen LogP contribution in [0.1, 0.15) is 5.56 Å². The standard InChI is InChI=1S/C12H19N3O3/c1-17-10-5-3-4-9(11(10)18-2)8-14-6-7-15-12(13)16/h3-5,14H,6-8H2,1-2H3,(H3,13,15,16). The van der Waals surface area contributed by atoms with E-state index < -0.39 is 6.03 Å². The summed E-state index contributed by atoms with van der Waals surface area (Å²) in [6.07, 6.45) is 0. The van der Waals surface area contributed by atoms with Gasteiger partial charge in [-0.25, -0.2) is 4.79 Å². The summed E-state index contributed by atoms with van der Waals surface area (Å²) >= 11 is 0. The lowest BCUT2D eigenvalue weighted by Crippen LogP contribution is -2.35. The predicted octanol–water partition coefficient (Wildman–Crippen LogP) is 0.462. The Labute approximate surface area is 106 Å². The Balaban J connectivity index is 2.49. The number of hydrogen-bond acceptors (Lipinski definition) is 4. The first-order valence-corrected chi connectivity index (χ1v) is 5.63. The molecular weight excluding hydrogens is 234 g/mol. The van der Waals surface area contributed by atoms with Crippen molar-refractivity contribution >= 4 is 6.03 Å². The number of ether oxygens (including phenoxy) is 2. The quantitative estimate of drug-likeness (QED) is 0.616. The van der Waals surface area contributed by atoms with E-state index in [9.17, 15) is 4.79 Å². The molecule has 0 aliphatic carbocycles. The zero-order chi connectivity index (χ0) is 13.4. The minimum Gasteiger partial charge on any atom is -0.493 e. The number of benzene rings is 1. The Morgan fingerprint density at radius 2 is 2.06 bits per heavy atom. The van der Waals surface area contributed by atoms with Crippen LogP contribution in [-0.4, -0.2) is 33.3 Å². The Hall–Kier alpha value is -1.95. The zero-order valence-electron chi connectivity index (χ0n) is 10.7. The number of primary amides is 1. The highest BCUT2D eigenvalue weighted by molar-refractivity contribution is 5.71. The molecule has 0 saturated carbocycles. The van der Waals surface area contributed by atoms with Crippen molar-refractivity contribution < 1.29 is 14.3 Å². The molecule has 0 fully saturated rings. The molecule has 1 aromatic carbocycles. The van der Waals surface area contributed by atoms with E-state index in [2.05, 4.69) is 10.6 Å². The molecule has 0 radical (unpaired) electrons. The molecule has 4 N–H and O–H groups in total. The van der Waals surface area contributed by atoms with Crippen LogP contribution < -0.4 is 25.8 Å². The monoisotopic (exact) mass is 253 g/mol. The van der Waals surface area contributed by atoms with Crippen LogP contribution in [0, 0.1) is 0 Å². The van der Waals surface area contributed by atoms with Gasteiger partial charge in [0, 0.05) is 25.2 Å². The number of amides is 2. The molecule has 100 valence electrons. The van der Waals surface area contributed by atoms with Crippen molar-refractivity contribution in [2.24, 2.45) is 5.73 Å². The molecule has 0 unspecified atom stereocenters. The molecule has 0 atom stereocenters. The molecule has 0 bridgehead atoms. The van der Waals surface area contributed by atoms with Crippen LogP contribution in [0.2, 0.25) is 0 Å². The van der Waals surface area contributed by atoms with Gasteiger partial charge in [0.2, 0.25) is 0 Å². The van der Waals surface area contributed by atoms with Gasteiger partial charge in [-0.3, -0.25) is 0 Å². The lowest BCUT2D eigenvalue weighted by Gasteiger charge is -2.13. The predicted molar refractivity (Wildman–Crippen MR) is 68.8 cm³/mol. The lowest BCUT2D eigenvalue weighted by atomic mass is 10.2. The maximum absolute atomic E-state index is 10.5.